The highest BCUT2D eigenvalue weighted by Gasteiger charge is 2.24. The van der Waals surface area contributed by atoms with Crippen LogP contribution in [0.3, 0.4) is 0 Å². The Labute approximate surface area is 144 Å². The van der Waals surface area contributed by atoms with Crippen LogP contribution in [0.2, 0.25) is 0 Å². The van der Waals surface area contributed by atoms with Gasteiger partial charge in [-0.3, -0.25) is 0 Å². The Balaban J connectivity index is 2.12. The van der Waals surface area contributed by atoms with E-state index in [1.807, 2.05) is 0 Å². The Morgan fingerprint density at radius 3 is 2.08 bits per heavy atom. The van der Waals surface area contributed by atoms with Gasteiger partial charge in [0.05, 0.1) is 25.9 Å². The molecule has 0 radical (unpaired) electrons. The minimum atomic E-state index is -4.16. The van der Waals surface area contributed by atoms with Crippen molar-refractivity contribution in [3.05, 3.63) is 54.5 Å². The Hall–Kier alpha value is -2.26. The molecule has 2 aromatic carbocycles. The third-order valence-corrected chi connectivity index (χ3v) is 7.58. The third-order valence-electron chi connectivity index (χ3n) is 3.81. The van der Waals surface area contributed by atoms with Gasteiger partial charge in [0.1, 0.15) is 0 Å². The van der Waals surface area contributed by atoms with Crippen LogP contribution in [0.1, 0.15) is 13.8 Å². The number of para-hydroxylation sites is 1. The van der Waals surface area contributed by atoms with Crippen molar-refractivity contribution in [2.45, 2.75) is 28.9 Å². The summed E-state index contributed by atoms with van der Waals surface area (Å²) < 4.78 is 64.2. The summed E-state index contributed by atoms with van der Waals surface area (Å²) in [6.45, 7) is 3.08. The fraction of sp³-hybridized carbons (Fsp3) is 0.188. The van der Waals surface area contributed by atoms with Crippen LogP contribution in [0.5, 0.6) is 0 Å². The predicted octanol–water partition coefficient (Wildman–Crippen LogP) is 2.59. The van der Waals surface area contributed by atoms with Crippen LogP contribution in [0.15, 0.2) is 58.3 Å². The van der Waals surface area contributed by atoms with Gasteiger partial charge in [0.15, 0.2) is 9.84 Å². The zero-order valence-electron chi connectivity index (χ0n) is 13.4. The zero-order valence-corrected chi connectivity index (χ0v) is 15.1. The second kappa shape index (κ2) is 5.92. The highest BCUT2D eigenvalue weighted by molar-refractivity contribution is 7.92. The Bertz CT molecular complexity index is 1150. The van der Waals surface area contributed by atoms with Crippen molar-refractivity contribution in [3.8, 4) is 0 Å². The van der Waals surface area contributed by atoms with Crippen LogP contribution in [0.4, 0.5) is 4.39 Å². The van der Waals surface area contributed by atoms with Crippen LogP contribution in [0.25, 0.3) is 10.9 Å². The molecule has 0 spiro atoms. The first-order valence-corrected chi connectivity index (χ1v) is 10.4. The first kappa shape index (κ1) is 17.6. The summed E-state index contributed by atoms with van der Waals surface area (Å²) in [6.07, 6.45) is 0. The number of hydrogen-bond acceptors (Lipinski definition) is 5. The van der Waals surface area contributed by atoms with Gasteiger partial charge in [-0.25, -0.2) is 8.42 Å². The average Bonchev–Trinajstić information content (AvgIpc) is 2.93. The van der Waals surface area contributed by atoms with E-state index in [2.05, 4.69) is 5.10 Å². The molecule has 0 atom stereocenters. The van der Waals surface area contributed by atoms with E-state index in [-0.39, 0.29) is 20.7 Å². The van der Waals surface area contributed by atoms with Gasteiger partial charge < -0.3 is 0 Å². The first-order valence-electron chi connectivity index (χ1n) is 7.38. The van der Waals surface area contributed by atoms with Gasteiger partial charge in [0.25, 0.3) is 10.0 Å². The maximum absolute atomic E-state index is 13.9. The molecule has 0 unspecified atom stereocenters. The molecule has 0 aliphatic carbocycles. The van der Waals surface area contributed by atoms with Gasteiger partial charge in [-0.15, -0.1) is 5.10 Å². The zero-order chi connectivity index (χ0) is 18.4. The summed E-state index contributed by atoms with van der Waals surface area (Å²) in [4.78, 5) is -0.151. The Kier molecular flexibility index (Phi) is 4.16. The number of sulfone groups is 1. The number of nitrogens with zero attached hydrogens (tertiary/aromatic N) is 2. The lowest BCUT2D eigenvalue weighted by molar-refractivity contribution is 0.555. The van der Waals surface area contributed by atoms with Gasteiger partial charge in [0, 0.05) is 0 Å². The molecule has 1 aromatic heterocycles. The summed E-state index contributed by atoms with van der Waals surface area (Å²) >= 11 is 0. The third kappa shape index (κ3) is 2.83. The van der Waals surface area contributed by atoms with Crippen LogP contribution in [-0.4, -0.2) is 31.3 Å². The van der Waals surface area contributed by atoms with Crippen molar-refractivity contribution in [2.24, 2.45) is 0 Å². The van der Waals surface area contributed by atoms with Gasteiger partial charge in [-0.2, -0.15) is 16.9 Å². The number of fused-ring (bicyclic) bond motifs is 1. The van der Waals surface area contributed by atoms with Gasteiger partial charge >= 0.3 is 0 Å². The van der Waals surface area contributed by atoms with Crippen molar-refractivity contribution in [1.29, 1.82) is 0 Å². The highest BCUT2D eigenvalue weighted by atomic mass is 32.2. The van der Waals surface area contributed by atoms with Crippen molar-refractivity contribution >= 4 is 30.8 Å². The fourth-order valence-electron chi connectivity index (χ4n) is 2.36. The second-order valence-corrected chi connectivity index (χ2v) is 9.99. The molecule has 3 rings (SSSR count). The summed E-state index contributed by atoms with van der Waals surface area (Å²) in [5, 5.41) is 2.94. The van der Waals surface area contributed by atoms with Crippen molar-refractivity contribution in [1.82, 2.24) is 9.19 Å². The van der Waals surface area contributed by atoms with Gasteiger partial charge in [0.2, 0.25) is 5.95 Å². The lowest BCUT2D eigenvalue weighted by atomic mass is 10.3. The second-order valence-electron chi connectivity index (χ2n) is 5.72. The molecule has 0 N–H and O–H groups in total. The van der Waals surface area contributed by atoms with Crippen LogP contribution < -0.4 is 0 Å². The molecule has 1 heterocycles. The number of halogens is 1. The molecule has 25 heavy (non-hydrogen) atoms. The fourth-order valence-corrected chi connectivity index (χ4v) is 4.70. The molecular weight excluding hydrogens is 367 g/mol. The van der Waals surface area contributed by atoms with E-state index in [0.717, 1.165) is 0 Å². The average molecular weight is 382 g/mol. The van der Waals surface area contributed by atoms with Gasteiger partial charge in [-0.05, 0) is 50.2 Å². The van der Waals surface area contributed by atoms with Crippen LogP contribution in [-0.2, 0) is 19.9 Å². The largest absolute Gasteiger partial charge is 0.283 e. The minimum absolute atomic E-state index is 0.0259. The molecule has 0 bridgehead atoms. The van der Waals surface area contributed by atoms with E-state index in [1.54, 1.807) is 26.0 Å². The van der Waals surface area contributed by atoms with Crippen LogP contribution >= 0.6 is 0 Å². The quantitative estimate of drug-likeness (QED) is 0.692. The van der Waals surface area contributed by atoms with Crippen LogP contribution in [0, 0.1) is 5.95 Å². The number of rotatable bonds is 4. The minimum Gasteiger partial charge on any atom is -0.223 e. The molecule has 6 nitrogen and oxygen atoms in total. The summed E-state index contributed by atoms with van der Waals surface area (Å²) in [7, 11) is -7.67. The number of hydrogen-bond donors (Lipinski definition) is 0. The van der Waals surface area contributed by atoms with E-state index in [4.69, 9.17) is 0 Å². The number of aromatic nitrogens is 2. The maximum atomic E-state index is 13.9. The highest BCUT2D eigenvalue weighted by Crippen LogP contribution is 2.24. The van der Waals surface area contributed by atoms with E-state index in [0.29, 0.717) is 4.09 Å². The van der Waals surface area contributed by atoms with E-state index < -0.39 is 31.1 Å². The Morgan fingerprint density at radius 2 is 1.48 bits per heavy atom. The van der Waals surface area contributed by atoms with E-state index in [9.17, 15) is 21.2 Å². The summed E-state index contributed by atoms with van der Waals surface area (Å²) in [5.74, 6) is -0.891. The van der Waals surface area contributed by atoms with E-state index >= 15 is 0 Å². The smallest absolute Gasteiger partial charge is 0.223 e. The molecular formula is C16H15FN2O4S2. The van der Waals surface area contributed by atoms with Crippen molar-refractivity contribution < 1.29 is 21.2 Å². The first-order chi connectivity index (χ1) is 11.7. The van der Waals surface area contributed by atoms with Crippen molar-refractivity contribution in [2.75, 3.05) is 0 Å². The SMILES string of the molecule is CC(C)S(=O)(=O)c1ccc(S(=O)(=O)n2nc(F)c3ccccc32)cc1. The monoisotopic (exact) mass is 382 g/mol. The lowest BCUT2D eigenvalue weighted by Crippen LogP contribution is -2.16. The molecule has 132 valence electrons. The molecule has 0 saturated heterocycles. The van der Waals surface area contributed by atoms with Crippen molar-refractivity contribution in [3.63, 3.8) is 0 Å². The topological polar surface area (TPSA) is 86.1 Å². The molecule has 0 aliphatic rings. The summed E-state index contributed by atoms with van der Waals surface area (Å²) in [5.41, 5.74) is 0.110. The number of benzene rings is 2. The molecule has 0 fully saturated rings. The molecule has 0 amide bonds. The predicted molar refractivity (Wildman–Crippen MR) is 91.0 cm³/mol. The summed E-state index contributed by atoms with van der Waals surface area (Å²) in [6, 6.07) is 10.8. The normalized spacial score (nSPS) is 12.8. The standard InChI is InChI=1S/C16H15FN2O4S2/c1-11(2)24(20,21)12-7-9-13(10-8-12)25(22,23)19-15-6-4-3-5-14(15)16(17)18-19/h3-11H,1-2H3. The van der Waals surface area contributed by atoms with Gasteiger partial charge in [-0.1, -0.05) is 12.1 Å². The molecule has 3 aromatic rings. The van der Waals surface area contributed by atoms with E-state index in [1.165, 1.54) is 36.4 Å². The maximum Gasteiger partial charge on any atom is 0.283 e. The lowest BCUT2D eigenvalue weighted by Gasteiger charge is -2.09. The molecule has 0 aliphatic heterocycles. The Morgan fingerprint density at radius 1 is 0.920 bits per heavy atom. The molecule has 0 saturated carbocycles. The molecule has 9 heteroatoms.